The molecule has 1 aromatic carbocycles. The summed E-state index contributed by atoms with van der Waals surface area (Å²) in [6, 6.07) is 5.09. The number of anilines is 1. The SMILES string of the molecule is C=CCN1C(=O)NC(=O)[C@H](/C(=C\C)Nc2ccccc2F)C1=O. The van der Waals surface area contributed by atoms with Crippen LogP contribution in [0.2, 0.25) is 0 Å². The van der Waals surface area contributed by atoms with Crippen LogP contribution in [0.25, 0.3) is 0 Å². The lowest BCUT2D eigenvalue weighted by Gasteiger charge is -2.31. The molecule has 1 heterocycles. The Bertz CT molecular complexity index is 700. The monoisotopic (exact) mass is 317 g/mol. The van der Waals surface area contributed by atoms with Gasteiger partial charge in [-0.1, -0.05) is 24.3 Å². The molecule has 6 nitrogen and oxygen atoms in total. The molecule has 0 aliphatic carbocycles. The number of nitrogens with zero attached hydrogens (tertiary/aromatic N) is 1. The van der Waals surface area contributed by atoms with Gasteiger partial charge in [-0.2, -0.15) is 0 Å². The van der Waals surface area contributed by atoms with Crippen LogP contribution in [-0.4, -0.2) is 29.3 Å². The lowest BCUT2D eigenvalue weighted by Crippen LogP contribution is -2.58. The van der Waals surface area contributed by atoms with E-state index in [1.807, 2.05) is 0 Å². The third-order valence-corrected chi connectivity index (χ3v) is 3.34. The van der Waals surface area contributed by atoms with E-state index >= 15 is 0 Å². The van der Waals surface area contributed by atoms with Crippen LogP contribution in [0, 0.1) is 11.7 Å². The number of barbiturate groups is 1. The quantitative estimate of drug-likeness (QED) is 0.643. The molecule has 4 amide bonds. The second-order valence-electron chi connectivity index (χ2n) is 4.81. The van der Waals surface area contributed by atoms with Crippen molar-refractivity contribution < 1.29 is 18.8 Å². The Hall–Kier alpha value is -2.96. The molecule has 0 spiro atoms. The van der Waals surface area contributed by atoms with Gasteiger partial charge in [-0.25, -0.2) is 9.18 Å². The maximum Gasteiger partial charge on any atom is 0.331 e. The van der Waals surface area contributed by atoms with E-state index in [0.29, 0.717) is 0 Å². The normalized spacial score (nSPS) is 18.7. The van der Waals surface area contributed by atoms with Crippen molar-refractivity contribution in [2.45, 2.75) is 6.92 Å². The van der Waals surface area contributed by atoms with Crippen molar-refractivity contribution in [3.8, 4) is 0 Å². The number of urea groups is 1. The summed E-state index contributed by atoms with van der Waals surface area (Å²) in [5.74, 6) is -3.21. The first-order valence-electron chi connectivity index (χ1n) is 6.94. The maximum absolute atomic E-state index is 13.8. The van der Waals surface area contributed by atoms with Crippen molar-refractivity contribution in [1.82, 2.24) is 10.2 Å². The average Bonchev–Trinajstić information content (AvgIpc) is 2.52. The number of benzene rings is 1. The van der Waals surface area contributed by atoms with Crippen LogP contribution in [0.4, 0.5) is 14.9 Å². The van der Waals surface area contributed by atoms with E-state index in [4.69, 9.17) is 0 Å². The van der Waals surface area contributed by atoms with Crippen molar-refractivity contribution in [3.63, 3.8) is 0 Å². The number of halogens is 1. The number of allylic oxidation sites excluding steroid dienone is 1. The van der Waals surface area contributed by atoms with Crippen LogP contribution in [0.3, 0.4) is 0 Å². The molecular weight excluding hydrogens is 301 g/mol. The number of nitrogens with one attached hydrogen (secondary N) is 2. The lowest BCUT2D eigenvalue weighted by atomic mass is 9.99. The van der Waals surface area contributed by atoms with Crippen LogP contribution in [0.1, 0.15) is 6.92 Å². The minimum atomic E-state index is -1.25. The molecule has 0 bridgehead atoms. The van der Waals surface area contributed by atoms with Gasteiger partial charge in [-0.3, -0.25) is 19.8 Å². The molecular formula is C16H16FN3O3. The van der Waals surface area contributed by atoms with E-state index < -0.39 is 29.6 Å². The molecule has 0 aromatic heterocycles. The number of hydrogen-bond donors (Lipinski definition) is 2. The average molecular weight is 317 g/mol. The molecule has 7 heteroatoms. The molecule has 1 aromatic rings. The highest BCUT2D eigenvalue weighted by Crippen LogP contribution is 2.23. The molecule has 1 fully saturated rings. The lowest BCUT2D eigenvalue weighted by molar-refractivity contribution is -0.140. The van der Waals surface area contributed by atoms with Crippen LogP contribution >= 0.6 is 0 Å². The van der Waals surface area contributed by atoms with Crippen molar-refractivity contribution in [1.29, 1.82) is 0 Å². The Morgan fingerprint density at radius 3 is 2.70 bits per heavy atom. The Morgan fingerprint density at radius 2 is 2.09 bits per heavy atom. The molecule has 0 saturated carbocycles. The minimum absolute atomic E-state index is 0.0227. The van der Waals surface area contributed by atoms with Crippen molar-refractivity contribution >= 4 is 23.5 Å². The van der Waals surface area contributed by atoms with Gasteiger partial charge in [0.05, 0.1) is 5.69 Å². The first-order valence-corrected chi connectivity index (χ1v) is 6.94. The number of para-hydroxylation sites is 1. The number of amides is 4. The van der Waals surface area contributed by atoms with Gasteiger partial charge in [0, 0.05) is 12.2 Å². The first-order chi connectivity index (χ1) is 11.0. The van der Waals surface area contributed by atoms with Crippen LogP contribution in [-0.2, 0) is 9.59 Å². The molecule has 0 radical (unpaired) electrons. The van der Waals surface area contributed by atoms with Gasteiger partial charge in [-0.05, 0) is 19.1 Å². The fraction of sp³-hybridized carbons (Fsp3) is 0.188. The molecule has 120 valence electrons. The van der Waals surface area contributed by atoms with Crippen molar-refractivity contribution in [2.75, 3.05) is 11.9 Å². The zero-order chi connectivity index (χ0) is 17.0. The molecule has 2 rings (SSSR count). The number of carbonyl (C=O) groups excluding carboxylic acids is 3. The van der Waals surface area contributed by atoms with E-state index in [9.17, 15) is 18.8 Å². The van der Waals surface area contributed by atoms with Crippen LogP contribution < -0.4 is 10.6 Å². The fourth-order valence-electron chi connectivity index (χ4n) is 2.22. The van der Waals surface area contributed by atoms with Gasteiger partial charge in [-0.15, -0.1) is 6.58 Å². The molecule has 1 aliphatic rings. The van der Waals surface area contributed by atoms with E-state index in [1.165, 1.54) is 30.4 Å². The molecule has 0 unspecified atom stereocenters. The third-order valence-electron chi connectivity index (χ3n) is 3.34. The van der Waals surface area contributed by atoms with E-state index in [-0.39, 0.29) is 17.9 Å². The smallest absolute Gasteiger partial charge is 0.331 e. The van der Waals surface area contributed by atoms with Gasteiger partial charge in [0.25, 0.3) is 0 Å². The molecule has 1 aliphatic heterocycles. The summed E-state index contributed by atoms with van der Waals surface area (Å²) in [5.41, 5.74) is 0.326. The second kappa shape index (κ2) is 6.87. The number of hydrogen-bond acceptors (Lipinski definition) is 4. The van der Waals surface area contributed by atoms with E-state index in [2.05, 4.69) is 17.2 Å². The van der Waals surface area contributed by atoms with E-state index in [0.717, 1.165) is 4.90 Å². The summed E-state index contributed by atoms with van der Waals surface area (Å²) in [6.07, 6.45) is 2.88. The van der Waals surface area contributed by atoms with E-state index in [1.54, 1.807) is 13.0 Å². The zero-order valence-electron chi connectivity index (χ0n) is 12.5. The molecule has 1 saturated heterocycles. The summed E-state index contributed by atoms with van der Waals surface area (Å²) in [5, 5.41) is 4.86. The topological polar surface area (TPSA) is 78.5 Å². The second-order valence-corrected chi connectivity index (χ2v) is 4.81. The molecule has 23 heavy (non-hydrogen) atoms. The highest BCUT2D eigenvalue weighted by molar-refractivity contribution is 6.18. The minimum Gasteiger partial charge on any atom is -0.356 e. The highest BCUT2D eigenvalue weighted by atomic mass is 19.1. The predicted molar refractivity (Wildman–Crippen MR) is 82.7 cm³/mol. The van der Waals surface area contributed by atoms with Gasteiger partial charge in [0.2, 0.25) is 11.8 Å². The van der Waals surface area contributed by atoms with Gasteiger partial charge < -0.3 is 5.32 Å². The number of carbonyl (C=O) groups is 3. The summed E-state index contributed by atoms with van der Waals surface area (Å²) < 4.78 is 13.8. The Morgan fingerprint density at radius 1 is 1.39 bits per heavy atom. The summed E-state index contributed by atoms with van der Waals surface area (Å²) in [7, 11) is 0. The predicted octanol–water partition coefficient (Wildman–Crippen LogP) is 2.02. The standard InChI is InChI=1S/C16H16FN3O3/c1-3-9-20-15(22)13(14(21)19-16(20)23)11(4-2)18-12-8-6-5-7-10(12)17/h3-8,13,18H,1,9H2,2H3,(H,19,21,23)/b11-4+/t13-/m0/s1. The van der Waals surface area contributed by atoms with Gasteiger partial charge >= 0.3 is 6.03 Å². The third kappa shape index (κ3) is 3.28. The summed E-state index contributed by atoms with van der Waals surface area (Å²) >= 11 is 0. The van der Waals surface area contributed by atoms with Crippen LogP contribution in [0.15, 0.2) is 48.7 Å². The summed E-state index contributed by atoms with van der Waals surface area (Å²) in [6.45, 7) is 5.06. The first kappa shape index (κ1) is 16.4. The fourth-order valence-corrected chi connectivity index (χ4v) is 2.22. The van der Waals surface area contributed by atoms with Gasteiger partial charge in [0.15, 0.2) is 5.92 Å². The Kier molecular flexibility index (Phi) is 4.90. The molecule has 2 N–H and O–H groups in total. The molecule has 1 atom stereocenters. The number of imide groups is 2. The van der Waals surface area contributed by atoms with Gasteiger partial charge in [0.1, 0.15) is 5.82 Å². The van der Waals surface area contributed by atoms with Crippen molar-refractivity contribution in [3.05, 3.63) is 54.5 Å². The zero-order valence-corrected chi connectivity index (χ0v) is 12.5. The van der Waals surface area contributed by atoms with Crippen molar-refractivity contribution in [2.24, 2.45) is 5.92 Å². The van der Waals surface area contributed by atoms with Crippen LogP contribution in [0.5, 0.6) is 0 Å². The largest absolute Gasteiger partial charge is 0.356 e. The Balaban J connectivity index is 2.31. The summed E-state index contributed by atoms with van der Waals surface area (Å²) in [4.78, 5) is 37.1. The Labute approximate surface area is 132 Å². The maximum atomic E-state index is 13.8. The highest BCUT2D eigenvalue weighted by Gasteiger charge is 2.42. The number of rotatable bonds is 5.